The van der Waals surface area contributed by atoms with E-state index < -0.39 is 11.5 Å². The molecule has 0 radical (unpaired) electrons. The first-order valence-electron chi connectivity index (χ1n) is 8.41. The summed E-state index contributed by atoms with van der Waals surface area (Å²) in [7, 11) is 0. The van der Waals surface area contributed by atoms with Crippen LogP contribution in [0, 0.1) is 0 Å². The first-order valence-corrected chi connectivity index (χ1v) is 9.99. The largest absolute Gasteiger partial charge is 0.506 e. The van der Waals surface area contributed by atoms with Gasteiger partial charge in [0.05, 0.1) is 25.3 Å². The Bertz CT molecular complexity index is 878. The molecule has 0 unspecified atom stereocenters. The predicted molar refractivity (Wildman–Crippen MR) is 105 cm³/mol. The Morgan fingerprint density at radius 3 is 2.77 bits per heavy atom. The fraction of sp³-hybridized carbons (Fsp3) is 0.412. The number of morpholine rings is 1. The number of ether oxygens (including phenoxy) is 1. The molecule has 1 aliphatic rings. The molecular formula is C17H20Br2N3O4+. The van der Waals surface area contributed by atoms with E-state index in [9.17, 15) is 14.7 Å². The van der Waals surface area contributed by atoms with E-state index in [1.165, 1.54) is 4.90 Å². The van der Waals surface area contributed by atoms with Crippen molar-refractivity contribution >= 4 is 48.7 Å². The molecule has 3 rings (SSSR count). The van der Waals surface area contributed by atoms with Gasteiger partial charge >= 0.3 is 0 Å². The number of carbonyl (C=O) groups excluding carboxylic acids is 1. The van der Waals surface area contributed by atoms with Crippen molar-refractivity contribution in [3.63, 3.8) is 0 Å². The minimum Gasteiger partial charge on any atom is -0.506 e. The van der Waals surface area contributed by atoms with Crippen LogP contribution in [0.4, 0.5) is 0 Å². The third-order valence-corrected chi connectivity index (χ3v) is 5.52. The first kappa shape index (κ1) is 19.3. The van der Waals surface area contributed by atoms with Crippen LogP contribution in [0.25, 0.3) is 10.9 Å². The standard InChI is InChI=1S/C17H19Br2N3O4/c18-10-8-11-14(12(19)9-10)21-17(25)13(15(11)23)16(24)20-2-1-3-22-4-6-26-7-5-22/h8-9H,1-7H2,(H,20,24)(H2,21,23,25)/p+1. The van der Waals surface area contributed by atoms with Crippen molar-refractivity contribution in [1.82, 2.24) is 10.3 Å². The van der Waals surface area contributed by atoms with E-state index in [1.807, 2.05) is 0 Å². The average Bonchev–Trinajstić information content (AvgIpc) is 2.61. The molecule has 2 aromatic rings. The fourth-order valence-electron chi connectivity index (χ4n) is 3.06. The molecule has 2 heterocycles. The van der Waals surface area contributed by atoms with Gasteiger partial charge in [-0.1, -0.05) is 15.9 Å². The number of aromatic nitrogens is 1. The number of nitrogens with one attached hydrogen (secondary N) is 3. The number of amides is 1. The van der Waals surface area contributed by atoms with E-state index in [4.69, 9.17) is 4.74 Å². The summed E-state index contributed by atoms with van der Waals surface area (Å²) in [6, 6.07) is 3.41. The molecule has 1 aromatic heterocycles. The Kier molecular flexibility index (Phi) is 6.33. The van der Waals surface area contributed by atoms with Crippen LogP contribution in [-0.2, 0) is 4.74 Å². The number of aromatic hydroxyl groups is 1. The number of H-pyrrole nitrogens is 1. The molecule has 0 spiro atoms. The summed E-state index contributed by atoms with van der Waals surface area (Å²) < 4.78 is 6.66. The molecule has 140 valence electrons. The molecule has 0 bridgehead atoms. The maximum Gasteiger partial charge on any atom is 0.265 e. The van der Waals surface area contributed by atoms with Gasteiger partial charge in [0, 0.05) is 27.3 Å². The van der Waals surface area contributed by atoms with Gasteiger partial charge in [-0.3, -0.25) is 9.59 Å². The summed E-state index contributed by atoms with van der Waals surface area (Å²) in [5.41, 5.74) is -0.432. The van der Waals surface area contributed by atoms with E-state index in [-0.39, 0.29) is 11.3 Å². The lowest BCUT2D eigenvalue weighted by Gasteiger charge is -2.23. The molecule has 0 saturated carbocycles. The SMILES string of the molecule is O=C(NCCC[NH+]1CCOCC1)c1c(O)c2cc(Br)cc(Br)c2[nH]c1=O. The van der Waals surface area contributed by atoms with Crippen molar-refractivity contribution in [2.45, 2.75) is 6.42 Å². The molecule has 1 amide bonds. The smallest absolute Gasteiger partial charge is 0.265 e. The Morgan fingerprint density at radius 1 is 1.31 bits per heavy atom. The van der Waals surface area contributed by atoms with Crippen molar-refractivity contribution < 1.29 is 19.5 Å². The van der Waals surface area contributed by atoms with Crippen molar-refractivity contribution in [2.75, 3.05) is 39.4 Å². The van der Waals surface area contributed by atoms with Crippen LogP contribution < -0.4 is 15.8 Å². The topological polar surface area (TPSA) is 95.9 Å². The molecule has 7 nitrogen and oxygen atoms in total. The minimum absolute atomic E-state index is 0.263. The predicted octanol–water partition coefficient (Wildman–Crippen LogP) is 0.794. The molecule has 1 aromatic carbocycles. The zero-order valence-corrected chi connectivity index (χ0v) is 17.2. The summed E-state index contributed by atoms with van der Waals surface area (Å²) in [4.78, 5) is 28.8. The normalized spacial score (nSPS) is 15.3. The van der Waals surface area contributed by atoms with Crippen molar-refractivity contribution in [2.24, 2.45) is 0 Å². The fourth-order valence-corrected chi connectivity index (χ4v) is 4.38. The molecule has 0 aliphatic carbocycles. The summed E-state index contributed by atoms with van der Waals surface area (Å²) in [6.45, 7) is 4.87. The van der Waals surface area contributed by atoms with Gasteiger partial charge in [0.15, 0.2) is 0 Å². The Morgan fingerprint density at radius 2 is 2.04 bits per heavy atom. The maximum atomic E-state index is 12.4. The summed E-state index contributed by atoms with van der Waals surface area (Å²) in [6.07, 6.45) is 0.796. The van der Waals surface area contributed by atoms with Crippen LogP contribution in [0.3, 0.4) is 0 Å². The lowest BCUT2D eigenvalue weighted by Crippen LogP contribution is -3.14. The van der Waals surface area contributed by atoms with Gasteiger partial charge in [-0.25, -0.2) is 0 Å². The highest BCUT2D eigenvalue weighted by Gasteiger charge is 2.20. The van der Waals surface area contributed by atoms with Crippen molar-refractivity contribution in [3.8, 4) is 5.75 Å². The van der Waals surface area contributed by atoms with Crippen LogP contribution in [0.15, 0.2) is 25.9 Å². The lowest BCUT2D eigenvalue weighted by molar-refractivity contribution is -0.908. The van der Waals surface area contributed by atoms with Crippen LogP contribution in [0.5, 0.6) is 5.75 Å². The van der Waals surface area contributed by atoms with Crippen LogP contribution in [0.2, 0.25) is 0 Å². The third-order valence-electron chi connectivity index (χ3n) is 4.43. The van der Waals surface area contributed by atoms with E-state index in [2.05, 4.69) is 42.2 Å². The highest BCUT2D eigenvalue weighted by Crippen LogP contribution is 2.32. The molecular weight excluding hydrogens is 470 g/mol. The highest BCUT2D eigenvalue weighted by molar-refractivity contribution is 9.11. The summed E-state index contributed by atoms with van der Waals surface area (Å²) in [5, 5.41) is 13.6. The maximum absolute atomic E-state index is 12.4. The van der Waals surface area contributed by atoms with Gasteiger partial charge in [-0.2, -0.15) is 0 Å². The molecule has 1 aliphatic heterocycles. The molecule has 1 fully saturated rings. The van der Waals surface area contributed by atoms with Crippen LogP contribution >= 0.6 is 31.9 Å². The average molecular weight is 490 g/mol. The second-order valence-corrected chi connectivity index (χ2v) is 7.98. The molecule has 1 saturated heterocycles. The van der Waals surface area contributed by atoms with Gasteiger partial charge in [-0.15, -0.1) is 0 Å². The van der Waals surface area contributed by atoms with Gasteiger partial charge in [0.1, 0.15) is 24.4 Å². The zero-order valence-electron chi connectivity index (χ0n) is 14.0. The molecule has 9 heteroatoms. The number of quaternary nitrogens is 1. The Hall–Kier alpha value is -1.42. The van der Waals surface area contributed by atoms with E-state index >= 15 is 0 Å². The lowest BCUT2D eigenvalue weighted by atomic mass is 10.1. The van der Waals surface area contributed by atoms with Gasteiger partial charge in [0.25, 0.3) is 11.5 Å². The second-order valence-electron chi connectivity index (χ2n) is 6.21. The third kappa shape index (κ3) is 4.28. The van der Waals surface area contributed by atoms with Crippen molar-refractivity contribution in [3.05, 3.63) is 37.0 Å². The number of carbonyl (C=O) groups is 1. The minimum atomic E-state index is -0.616. The van der Waals surface area contributed by atoms with Gasteiger partial charge < -0.3 is 25.0 Å². The Labute approximate surface area is 167 Å². The molecule has 26 heavy (non-hydrogen) atoms. The second kappa shape index (κ2) is 8.51. The number of rotatable bonds is 5. The van der Waals surface area contributed by atoms with Gasteiger partial charge in [-0.05, 0) is 28.1 Å². The number of aromatic amines is 1. The number of halogens is 2. The zero-order chi connectivity index (χ0) is 18.7. The number of benzene rings is 1. The van der Waals surface area contributed by atoms with E-state index in [0.717, 1.165) is 43.7 Å². The van der Waals surface area contributed by atoms with E-state index in [1.54, 1.807) is 12.1 Å². The van der Waals surface area contributed by atoms with Crippen LogP contribution in [-0.4, -0.2) is 55.4 Å². The van der Waals surface area contributed by atoms with E-state index in [0.29, 0.717) is 21.9 Å². The summed E-state index contributed by atoms with van der Waals surface area (Å²) in [5.74, 6) is -0.888. The Balaban J connectivity index is 1.70. The number of hydrogen-bond acceptors (Lipinski definition) is 4. The monoisotopic (exact) mass is 488 g/mol. The number of pyridine rings is 1. The molecule has 0 atom stereocenters. The van der Waals surface area contributed by atoms with Crippen LogP contribution in [0.1, 0.15) is 16.8 Å². The van der Waals surface area contributed by atoms with Crippen molar-refractivity contribution in [1.29, 1.82) is 0 Å². The highest BCUT2D eigenvalue weighted by atomic mass is 79.9. The number of fused-ring (bicyclic) bond motifs is 1. The summed E-state index contributed by atoms with van der Waals surface area (Å²) >= 11 is 6.69. The first-order chi connectivity index (χ1) is 12.5. The van der Waals surface area contributed by atoms with Gasteiger partial charge in [0.2, 0.25) is 0 Å². The quantitative estimate of drug-likeness (QED) is 0.467. The number of hydrogen-bond donors (Lipinski definition) is 4. The molecule has 4 N–H and O–H groups in total.